The van der Waals surface area contributed by atoms with Crippen molar-refractivity contribution in [1.29, 1.82) is 0 Å². The van der Waals surface area contributed by atoms with Gasteiger partial charge in [-0.2, -0.15) is 13.2 Å². The van der Waals surface area contributed by atoms with Crippen molar-refractivity contribution in [3.8, 4) is 0 Å². The number of unbranched alkanes of at least 4 members (excludes halogenated alkanes) is 1. The number of thiazole rings is 1. The molecule has 0 spiro atoms. The van der Waals surface area contributed by atoms with E-state index in [2.05, 4.69) is 25.7 Å². The van der Waals surface area contributed by atoms with Crippen molar-refractivity contribution in [2.75, 3.05) is 36.2 Å². The van der Waals surface area contributed by atoms with Crippen LogP contribution in [0.5, 0.6) is 0 Å². The molecule has 4 N–H and O–H groups in total. The van der Waals surface area contributed by atoms with Gasteiger partial charge in [0.1, 0.15) is 10.7 Å². The molecule has 1 saturated heterocycles. The van der Waals surface area contributed by atoms with Gasteiger partial charge in [0, 0.05) is 31.1 Å². The predicted molar refractivity (Wildman–Crippen MR) is 126 cm³/mol. The average molecular weight is 544 g/mol. The van der Waals surface area contributed by atoms with Gasteiger partial charge in [-0.25, -0.2) is 17.8 Å². The number of nitrogens with zero attached hydrogens (tertiary/aromatic N) is 1. The summed E-state index contributed by atoms with van der Waals surface area (Å²) in [5.41, 5.74) is 0.908. The van der Waals surface area contributed by atoms with Crippen molar-refractivity contribution in [2.45, 2.75) is 43.3 Å². The van der Waals surface area contributed by atoms with E-state index in [4.69, 9.17) is 11.6 Å². The van der Waals surface area contributed by atoms with Crippen LogP contribution in [0.15, 0.2) is 22.4 Å². The Labute approximate surface area is 204 Å². The van der Waals surface area contributed by atoms with E-state index >= 15 is 0 Å². The largest absolute Gasteiger partial charge is 0.393 e. The summed E-state index contributed by atoms with van der Waals surface area (Å²) in [4.78, 5) is 3.43. The minimum absolute atomic E-state index is 0.0438. The zero-order valence-electron chi connectivity index (χ0n) is 18.3. The first-order valence-corrected chi connectivity index (χ1v) is 13.4. The van der Waals surface area contributed by atoms with Gasteiger partial charge >= 0.3 is 6.18 Å². The number of sulfonamides is 1. The van der Waals surface area contributed by atoms with E-state index < -0.39 is 32.8 Å². The molecule has 190 valence electrons. The molecule has 1 aliphatic heterocycles. The van der Waals surface area contributed by atoms with Gasteiger partial charge in [0.25, 0.3) is 10.0 Å². The second kappa shape index (κ2) is 11.4. The van der Waals surface area contributed by atoms with Crippen LogP contribution in [0.1, 0.15) is 25.0 Å². The summed E-state index contributed by atoms with van der Waals surface area (Å²) in [7, 11) is -4.19. The fraction of sp³-hybridized carbons (Fsp3) is 0.550. The lowest BCUT2D eigenvalue weighted by atomic mass is 10.1. The van der Waals surface area contributed by atoms with Gasteiger partial charge in [0.2, 0.25) is 0 Å². The van der Waals surface area contributed by atoms with Crippen LogP contribution in [0.2, 0.25) is 5.02 Å². The van der Waals surface area contributed by atoms with Gasteiger partial charge in [-0.15, -0.1) is 11.3 Å². The predicted octanol–water partition coefficient (Wildman–Crippen LogP) is 4.37. The van der Waals surface area contributed by atoms with E-state index in [1.807, 2.05) is 0 Å². The summed E-state index contributed by atoms with van der Waals surface area (Å²) in [5.74, 6) is -2.24. The molecule has 2 aromatic rings. The molecule has 34 heavy (non-hydrogen) atoms. The standard InChI is InChI=1S/C20H26ClF4N5O2S2/c1-12-11-33-19(29-12)30-34(31,32)18-7-15(21)17(8-16(18)22)27-5-3-2-4-26-10-14-6-13(9-28-14)20(23,24)25/h7-8,11,13-14,26-28H,2-6,9-10H2,1H3,(H,29,30)/t13-,14-/m0/s1. The van der Waals surface area contributed by atoms with Crippen LogP contribution in [-0.4, -0.2) is 51.8 Å². The molecule has 1 aromatic heterocycles. The first-order chi connectivity index (χ1) is 16.0. The van der Waals surface area contributed by atoms with Gasteiger partial charge in [-0.3, -0.25) is 4.72 Å². The number of rotatable bonds is 11. The van der Waals surface area contributed by atoms with Crippen LogP contribution in [-0.2, 0) is 10.0 Å². The van der Waals surface area contributed by atoms with E-state index in [0.717, 1.165) is 29.9 Å². The summed E-state index contributed by atoms with van der Waals surface area (Å²) in [6, 6.07) is 1.88. The maximum Gasteiger partial charge on any atom is 0.393 e. The quantitative estimate of drug-likeness (QED) is 0.248. The Bertz CT molecular complexity index is 1080. The highest BCUT2D eigenvalue weighted by atomic mass is 35.5. The van der Waals surface area contributed by atoms with E-state index in [0.29, 0.717) is 31.7 Å². The Balaban J connectivity index is 1.40. The van der Waals surface area contributed by atoms with Crippen molar-refractivity contribution in [1.82, 2.24) is 15.6 Å². The maximum atomic E-state index is 14.5. The van der Waals surface area contributed by atoms with Gasteiger partial charge in [0.15, 0.2) is 5.13 Å². The molecule has 0 unspecified atom stereocenters. The van der Waals surface area contributed by atoms with Gasteiger partial charge in [-0.05, 0) is 44.9 Å². The molecule has 2 heterocycles. The molecule has 3 rings (SSSR count). The monoisotopic (exact) mass is 543 g/mol. The Kier molecular flexibility index (Phi) is 9.01. The smallest absolute Gasteiger partial charge is 0.384 e. The highest BCUT2D eigenvalue weighted by molar-refractivity contribution is 7.93. The fourth-order valence-electron chi connectivity index (χ4n) is 3.54. The fourth-order valence-corrected chi connectivity index (χ4v) is 5.86. The number of halogens is 5. The van der Waals surface area contributed by atoms with Gasteiger partial charge in [0.05, 0.1) is 22.3 Å². The van der Waals surface area contributed by atoms with Crippen molar-refractivity contribution < 1.29 is 26.0 Å². The third kappa shape index (κ3) is 7.41. The van der Waals surface area contributed by atoms with E-state index in [9.17, 15) is 26.0 Å². The molecular formula is C20H26ClF4N5O2S2. The molecule has 1 aromatic carbocycles. The normalized spacial score (nSPS) is 18.9. The summed E-state index contributed by atoms with van der Waals surface area (Å²) in [6.45, 7) is 3.21. The molecule has 0 saturated carbocycles. The lowest BCUT2D eigenvalue weighted by Gasteiger charge is -2.14. The van der Waals surface area contributed by atoms with Crippen molar-refractivity contribution in [3.05, 3.63) is 34.0 Å². The molecule has 0 radical (unpaired) electrons. The number of aryl methyl sites for hydroxylation is 1. The summed E-state index contributed by atoms with van der Waals surface area (Å²) < 4.78 is 79.8. The first-order valence-electron chi connectivity index (χ1n) is 10.6. The maximum absolute atomic E-state index is 14.5. The molecule has 1 aliphatic rings. The van der Waals surface area contributed by atoms with Crippen molar-refractivity contribution in [2.24, 2.45) is 5.92 Å². The Morgan fingerprint density at radius 3 is 2.65 bits per heavy atom. The third-order valence-corrected chi connectivity index (χ3v) is 7.99. The first kappa shape index (κ1) is 26.9. The summed E-state index contributed by atoms with van der Waals surface area (Å²) >= 11 is 7.25. The number of aromatic nitrogens is 1. The van der Waals surface area contributed by atoms with Crippen LogP contribution in [0.3, 0.4) is 0 Å². The SMILES string of the molecule is Cc1csc(NS(=O)(=O)c2cc(Cl)c(NCCCCNC[C@@H]3C[C@H](C(F)(F)F)CN3)cc2F)n1. The lowest BCUT2D eigenvalue weighted by molar-refractivity contribution is -0.169. The molecule has 0 bridgehead atoms. The topological polar surface area (TPSA) is 95.2 Å². The molecule has 0 amide bonds. The van der Waals surface area contributed by atoms with E-state index in [1.165, 1.54) is 0 Å². The van der Waals surface area contributed by atoms with Crippen LogP contribution >= 0.6 is 22.9 Å². The minimum Gasteiger partial charge on any atom is -0.384 e. The Morgan fingerprint density at radius 1 is 1.26 bits per heavy atom. The number of anilines is 2. The van der Waals surface area contributed by atoms with Crippen molar-refractivity contribution >= 4 is 43.8 Å². The highest BCUT2D eigenvalue weighted by Crippen LogP contribution is 2.32. The zero-order valence-corrected chi connectivity index (χ0v) is 20.7. The average Bonchev–Trinajstić information content (AvgIpc) is 3.38. The molecule has 7 nitrogen and oxygen atoms in total. The van der Waals surface area contributed by atoms with Crippen LogP contribution in [0.4, 0.5) is 28.4 Å². The van der Waals surface area contributed by atoms with Crippen LogP contribution in [0, 0.1) is 18.7 Å². The molecule has 14 heteroatoms. The summed E-state index contributed by atoms with van der Waals surface area (Å²) in [6.07, 6.45) is -2.65. The van der Waals surface area contributed by atoms with E-state index in [-0.39, 0.29) is 34.8 Å². The number of hydrogen-bond acceptors (Lipinski definition) is 7. The molecule has 0 aliphatic carbocycles. The number of hydrogen-bond donors (Lipinski definition) is 4. The van der Waals surface area contributed by atoms with Crippen molar-refractivity contribution in [3.63, 3.8) is 0 Å². The lowest BCUT2D eigenvalue weighted by Crippen LogP contribution is -2.34. The zero-order chi connectivity index (χ0) is 24.9. The molecular weight excluding hydrogens is 518 g/mol. The van der Waals surface area contributed by atoms with E-state index in [1.54, 1.807) is 12.3 Å². The number of alkyl halides is 3. The minimum atomic E-state index is -4.19. The number of benzene rings is 1. The van der Waals surface area contributed by atoms with Gasteiger partial charge in [-0.1, -0.05) is 11.6 Å². The van der Waals surface area contributed by atoms with Crippen LogP contribution < -0.4 is 20.7 Å². The van der Waals surface area contributed by atoms with Crippen LogP contribution in [0.25, 0.3) is 0 Å². The third-order valence-electron chi connectivity index (χ3n) is 5.32. The molecule has 2 atom stereocenters. The molecule has 1 fully saturated rings. The highest BCUT2D eigenvalue weighted by Gasteiger charge is 2.43. The summed E-state index contributed by atoms with van der Waals surface area (Å²) in [5, 5.41) is 10.9. The Morgan fingerprint density at radius 2 is 2.00 bits per heavy atom. The second-order valence-electron chi connectivity index (χ2n) is 8.08. The van der Waals surface area contributed by atoms with Gasteiger partial charge < -0.3 is 16.0 Å². The Hall–Kier alpha value is -1.67. The second-order valence-corrected chi connectivity index (χ2v) is 11.0. The number of nitrogens with one attached hydrogen (secondary N) is 4.